The highest BCUT2D eigenvalue weighted by Gasteiger charge is 2.11. The van der Waals surface area contributed by atoms with E-state index in [2.05, 4.69) is 51.4 Å². The Morgan fingerprint density at radius 1 is 0.731 bits per heavy atom. The lowest BCUT2D eigenvalue weighted by Crippen LogP contribution is -2.04. The lowest BCUT2D eigenvalue weighted by Gasteiger charge is -2.14. The van der Waals surface area contributed by atoms with Crippen molar-refractivity contribution in [1.82, 2.24) is 0 Å². The van der Waals surface area contributed by atoms with Crippen LogP contribution in [0.4, 0.5) is 0 Å². The molecule has 0 aliphatic heterocycles. The molecule has 2 nitrogen and oxygen atoms in total. The maximum Gasteiger partial charge on any atom is 0.136 e. The van der Waals surface area contributed by atoms with Crippen LogP contribution in [0.2, 0.25) is 0 Å². The van der Waals surface area contributed by atoms with E-state index in [0.717, 1.165) is 48.3 Å². The highest BCUT2D eigenvalue weighted by Crippen LogP contribution is 2.29. The van der Waals surface area contributed by atoms with Crippen molar-refractivity contribution in [3.8, 4) is 35.2 Å². The summed E-state index contributed by atoms with van der Waals surface area (Å²) >= 11 is 0. The molecule has 0 spiro atoms. The second kappa shape index (κ2) is 12.3. The molecule has 0 fully saturated rings. The van der Waals surface area contributed by atoms with Crippen LogP contribution in [0.5, 0.6) is 11.5 Å². The Morgan fingerprint density at radius 3 is 1.42 bits per heavy atom. The van der Waals surface area contributed by atoms with E-state index in [1.807, 2.05) is 26.0 Å². The van der Waals surface area contributed by atoms with Gasteiger partial charge in [0.15, 0.2) is 0 Å². The quantitative estimate of drug-likeness (QED) is 0.375. The SMILES string of the molecule is CC#Cc1cc(OCCCC(C)C)c(C#CC)cc1OCCCC(C)C. The average molecular weight is 355 g/mol. The van der Waals surface area contributed by atoms with Crippen molar-refractivity contribution in [3.63, 3.8) is 0 Å². The number of hydrogen-bond donors (Lipinski definition) is 0. The first-order chi connectivity index (χ1) is 12.5. The summed E-state index contributed by atoms with van der Waals surface area (Å²) in [5, 5.41) is 0. The molecule has 1 rings (SSSR count). The van der Waals surface area contributed by atoms with E-state index in [9.17, 15) is 0 Å². The van der Waals surface area contributed by atoms with Crippen LogP contribution in [0, 0.1) is 35.5 Å². The summed E-state index contributed by atoms with van der Waals surface area (Å²) in [4.78, 5) is 0. The van der Waals surface area contributed by atoms with E-state index in [1.165, 1.54) is 0 Å². The van der Waals surface area contributed by atoms with Gasteiger partial charge in [-0.25, -0.2) is 0 Å². The predicted molar refractivity (Wildman–Crippen MR) is 111 cm³/mol. The first kappa shape index (κ1) is 22.0. The average Bonchev–Trinajstić information content (AvgIpc) is 2.58. The molecule has 0 aromatic heterocycles. The molecule has 26 heavy (non-hydrogen) atoms. The van der Waals surface area contributed by atoms with Crippen LogP contribution in [-0.2, 0) is 0 Å². The van der Waals surface area contributed by atoms with Crippen molar-refractivity contribution in [3.05, 3.63) is 23.3 Å². The molecule has 1 aromatic rings. The maximum absolute atomic E-state index is 6.01. The Balaban J connectivity index is 2.93. The maximum atomic E-state index is 6.01. The van der Waals surface area contributed by atoms with E-state index < -0.39 is 0 Å². The van der Waals surface area contributed by atoms with Crippen LogP contribution in [0.15, 0.2) is 12.1 Å². The highest BCUT2D eigenvalue weighted by molar-refractivity contribution is 5.58. The Kier molecular flexibility index (Phi) is 10.4. The van der Waals surface area contributed by atoms with Gasteiger partial charge in [0, 0.05) is 12.1 Å². The van der Waals surface area contributed by atoms with E-state index in [4.69, 9.17) is 9.47 Å². The summed E-state index contributed by atoms with van der Waals surface area (Å²) in [5.74, 6) is 15.2. The number of benzene rings is 1. The first-order valence-electron chi connectivity index (χ1n) is 9.77. The smallest absolute Gasteiger partial charge is 0.136 e. The van der Waals surface area contributed by atoms with Gasteiger partial charge >= 0.3 is 0 Å². The molecule has 0 bridgehead atoms. The number of hydrogen-bond acceptors (Lipinski definition) is 2. The Hall–Kier alpha value is -2.06. The van der Waals surface area contributed by atoms with Crippen LogP contribution in [-0.4, -0.2) is 13.2 Å². The molecule has 0 atom stereocenters. The minimum atomic E-state index is 0.691. The predicted octanol–water partition coefficient (Wildman–Crippen LogP) is 6.06. The van der Waals surface area contributed by atoms with Crippen molar-refractivity contribution >= 4 is 0 Å². The Labute approximate surface area is 160 Å². The minimum absolute atomic E-state index is 0.691. The molecular weight excluding hydrogens is 320 g/mol. The van der Waals surface area contributed by atoms with Gasteiger partial charge in [-0.3, -0.25) is 0 Å². The summed E-state index contributed by atoms with van der Waals surface area (Å²) in [7, 11) is 0. The van der Waals surface area contributed by atoms with E-state index >= 15 is 0 Å². The van der Waals surface area contributed by atoms with Gasteiger partial charge in [-0.1, -0.05) is 39.5 Å². The molecule has 0 radical (unpaired) electrons. The lowest BCUT2D eigenvalue weighted by molar-refractivity contribution is 0.289. The topological polar surface area (TPSA) is 18.5 Å². The second-order valence-electron chi connectivity index (χ2n) is 7.36. The summed E-state index contributed by atoms with van der Waals surface area (Å²) in [6.07, 6.45) is 4.40. The van der Waals surface area contributed by atoms with Crippen molar-refractivity contribution in [1.29, 1.82) is 0 Å². The highest BCUT2D eigenvalue weighted by atomic mass is 16.5. The molecule has 0 heterocycles. The van der Waals surface area contributed by atoms with Crippen LogP contribution in [0.1, 0.15) is 78.4 Å². The summed E-state index contributed by atoms with van der Waals surface area (Å²) in [5.41, 5.74) is 1.75. The van der Waals surface area contributed by atoms with Crippen LogP contribution >= 0.6 is 0 Å². The lowest BCUT2D eigenvalue weighted by atomic mass is 10.1. The van der Waals surface area contributed by atoms with Gasteiger partial charge < -0.3 is 9.47 Å². The third-order valence-electron chi connectivity index (χ3n) is 3.97. The zero-order valence-electron chi connectivity index (χ0n) is 17.4. The van der Waals surface area contributed by atoms with Crippen molar-refractivity contribution in [2.75, 3.05) is 13.2 Å². The van der Waals surface area contributed by atoms with Crippen LogP contribution in [0.3, 0.4) is 0 Å². The fourth-order valence-electron chi connectivity index (χ4n) is 2.61. The third-order valence-corrected chi connectivity index (χ3v) is 3.97. The second-order valence-corrected chi connectivity index (χ2v) is 7.36. The standard InChI is InChI=1S/C24H34O2/c1-7-11-21-17-24(26-16-10-14-20(5)6)22(12-8-2)18-23(21)25-15-9-13-19(3)4/h17-20H,9-10,13-16H2,1-6H3. The van der Waals surface area contributed by atoms with Gasteiger partial charge in [-0.2, -0.15) is 0 Å². The van der Waals surface area contributed by atoms with Gasteiger partial charge in [0.05, 0.1) is 24.3 Å². The molecule has 0 aliphatic rings. The molecule has 0 N–H and O–H groups in total. The van der Waals surface area contributed by atoms with Gasteiger partial charge in [-0.05, 0) is 51.4 Å². The summed E-state index contributed by atoms with van der Waals surface area (Å²) < 4.78 is 12.0. The van der Waals surface area contributed by atoms with Crippen molar-refractivity contribution < 1.29 is 9.47 Å². The largest absolute Gasteiger partial charge is 0.492 e. The molecule has 0 saturated carbocycles. The Bertz CT molecular complexity index is 603. The molecule has 0 unspecified atom stereocenters. The van der Waals surface area contributed by atoms with Crippen LogP contribution in [0.25, 0.3) is 0 Å². The van der Waals surface area contributed by atoms with Gasteiger partial charge in [0.1, 0.15) is 11.5 Å². The summed E-state index contributed by atoms with van der Waals surface area (Å²) in [6.45, 7) is 14.0. The van der Waals surface area contributed by atoms with E-state index in [-0.39, 0.29) is 0 Å². The summed E-state index contributed by atoms with van der Waals surface area (Å²) in [6, 6.07) is 3.95. The van der Waals surface area contributed by atoms with Gasteiger partial charge in [-0.15, -0.1) is 11.8 Å². The molecule has 0 saturated heterocycles. The van der Waals surface area contributed by atoms with E-state index in [1.54, 1.807) is 0 Å². The third kappa shape index (κ3) is 8.35. The molecular formula is C24H34O2. The zero-order valence-corrected chi connectivity index (χ0v) is 17.4. The fourth-order valence-corrected chi connectivity index (χ4v) is 2.61. The zero-order chi connectivity index (χ0) is 19.4. The minimum Gasteiger partial charge on any atom is -0.492 e. The van der Waals surface area contributed by atoms with Gasteiger partial charge in [0.25, 0.3) is 0 Å². The van der Waals surface area contributed by atoms with Crippen molar-refractivity contribution in [2.24, 2.45) is 11.8 Å². The molecule has 2 heteroatoms. The molecule has 142 valence electrons. The van der Waals surface area contributed by atoms with E-state index in [0.29, 0.717) is 25.0 Å². The Morgan fingerprint density at radius 2 is 1.12 bits per heavy atom. The normalized spacial score (nSPS) is 10.2. The monoisotopic (exact) mass is 354 g/mol. The van der Waals surface area contributed by atoms with Crippen molar-refractivity contribution in [2.45, 2.75) is 67.2 Å². The van der Waals surface area contributed by atoms with Crippen LogP contribution < -0.4 is 9.47 Å². The van der Waals surface area contributed by atoms with Gasteiger partial charge in [0.2, 0.25) is 0 Å². The molecule has 1 aromatic carbocycles. The fraction of sp³-hybridized carbons (Fsp3) is 0.583. The number of rotatable bonds is 10. The first-order valence-corrected chi connectivity index (χ1v) is 9.77. The molecule has 0 amide bonds. The molecule has 0 aliphatic carbocycles. The number of ether oxygens (including phenoxy) is 2.